The maximum absolute atomic E-state index is 12.0. The fourth-order valence-electron chi connectivity index (χ4n) is 2.56. The number of hydrogen-bond donors (Lipinski definition) is 1. The minimum absolute atomic E-state index is 0.0588. The molecule has 0 atom stereocenters. The van der Waals surface area contributed by atoms with E-state index in [2.05, 4.69) is 15.5 Å². The van der Waals surface area contributed by atoms with Gasteiger partial charge in [0.05, 0.1) is 13.7 Å². The van der Waals surface area contributed by atoms with Crippen molar-refractivity contribution >= 4 is 5.91 Å². The summed E-state index contributed by atoms with van der Waals surface area (Å²) in [7, 11) is 1.63. The van der Waals surface area contributed by atoms with Gasteiger partial charge in [-0.2, -0.15) is 0 Å². The number of hydrogen-bond acceptors (Lipinski definition) is 5. The number of aryl methyl sites for hydroxylation is 2. The van der Waals surface area contributed by atoms with Crippen LogP contribution >= 0.6 is 0 Å². The fraction of sp³-hybridized carbons (Fsp3) is 0.250. The van der Waals surface area contributed by atoms with E-state index < -0.39 is 0 Å². The Morgan fingerprint density at radius 2 is 1.88 bits per heavy atom. The quantitative estimate of drug-likeness (QED) is 0.707. The van der Waals surface area contributed by atoms with Crippen LogP contribution in [-0.2, 0) is 17.8 Å². The Balaban J connectivity index is 1.49. The van der Waals surface area contributed by atoms with Gasteiger partial charge in [-0.3, -0.25) is 4.79 Å². The van der Waals surface area contributed by atoms with Gasteiger partial charge < -0.3 is 14.5 Å². The van der Waals surface area contributed by atoms with Crippen LogP contribution in [0.25, 0.3) is 11.5 Å². The van der Waals surface area contributed by atoms with E-state index in [1.54, 1.807) is 7.11 Å². The van der Waals surface area contributed by atoms with E-state index in [0.29, 0.717) is 24.6 Å². The van der Waals surface area contributed by atoms with Crippen LogP contribution in [0.15, 0.2) is 52.9 Å². The number of nitrogens with one attached hydrogen (secondary N) is 1. The molecule has 0 saturated heterocycles. The van der Waals surface area contributed by atoms with E-state index in [9.17, 15) is 4.79 Å². The van der Waals surface area contributed by atoms with Gasteiger partial charge in [-0.05, 0) is 42.7 Å². The smallest absolute Gasteiger partial charge is 0.248 e. The molecule has 134 valence electrons. The number of carbonyl (C=O) groups is 1. The van der Waals surface area contributed by atoms with Crippen molar-refractivity contribution < 1.29 is 13.9 Å². The van der Waals surface area contributed by atoms with Gasteiger partial charge in [0, 0.05) is 12.0 Å². The zero-order valence-corrected chi connectivity index (χ0v) is 14.9. The average molecular weight is 351 g/mol. The zero-order chi connectivity index (χ0) is 18.4. The molecule has 0 aliphatic carbocycles. The molecule has 0 spiro atoms. The van der Waals surface area contributed by atoms with E-state index in [0.717, 1.165) is 22.4 Å². The third-order valence-electron chi connectivity index (χ3n) is 4.08. The molecular formula is C20H21N3O3. The minimum atomic E-state index is -0.0588. The predicted octanol–water partition coefficient (Wildman–Crippen LogP) is 3.30. The van der Waals surface area contributed by atoms with E-state index >= 15 is 0 Å². The summed E-state index contributed by atoms with van der Waals surface area (Å²) in [6, 6.07) is 15.5. The lowest BCUT2D eigenvalue weighted by molar-refractivity contribution is -0.121. The first-order valence-electron chi connectivity index (χ1n) is 8.43. The molecule has 1 heterocycles. The van der Waals surface area contributed by atoms with Crippen molar-refractivity contribution in [1.82, 2.24) is 15.5 Å². The highest BCUT2D eigenvalue weighted by atomic mass is 16.5. The number of benzene rings is 2. The number of aromatic nitrogens is 2. The lowest BCUT2D eigenvalue weighted by Gasteiger charge is -2.04. The van der Waals surface area contributed by atoms with E-state index in [-0.39, 0.29) is 12.5 Å². The van der Waals surface area contributed by atoms with Crippen LogP contribution in [0.2, 0.25) is 0 Å². The molecule has 3 rings (SSSR count). The number of nitrogens with zero attached hydrogens (tertiary/aromatic N) is 2. The van der Waals surface area contributed by atoms with Crippen molar-refractivity contribution in [3.63, 3.8) is 0 Å². The van der Waals surface area contributed by atoms with Gasteiger partial charge in [-0.25, -0.2) is 0 Å². The normalized spacial score (nSPS) is 10.5. The summed E-state index contributed by atoms with van der Waals surface area (Å²) in [5, 5.41) is 10.9. The Bertz CT molecular complexity index is 872. The Morgan fingerprint density at radius 1 is 1.12 bits per heavy atom. The van der Waals surface area contributed by atoms with Crippen molar-refractivity contribution in [2.45, 2.75) is 26.3 Å². The highest BCUT2D eigenvalue weighted by Gasteiger charge is 2.11. The second-order valence-corrected chi connectivity index (χ2v) is 5.94. The van der Waals surface area contributed by atoms with Gasteiger partial charge in [0.1, 0.15) is 5.75 Å². The van der Waals surface area contributed by atoms with E-state index in [1.165, 1.54) is 0 Å². The molecule has 1 amide bonds. The first-order chi connectivity index (χ1) is 12.7. The molecule has 6 nitrogen and oxygen atoms in total. The van der Waals surface area contributed by atoms with Crippen LogP contribution in [0.5, 0.6) is 5.75 Å². The van der Waals surface area contributed by atoms with Gasteiger partial charge in [0.25, 0.3) is 0 Å². The predicted molar refractivity (Wildman–Crippen MR) is 97.6 cm³/mol. The topological polar surface area (TPSA) is 77.2 Å². The van der Waals surface area contributed by atoms with Crippen LogP contribution in [0.1, 0.15) is 23.4 Å². The second kappa shape index (κ2) is 8.29. The third-order valence-corrected chi connectivity index (χ3v) is 4.08. The summed E-state index contributed by atoms with van der Waals surface area (Å²) in [6.45, 7) is 2.21. The molecule has 1 N–H and O–H groups in total. The van der Waals surface area contributed by atoms with E-state index in [4.69, 9.17) is 9.15 Å². The van der Waals surface area contributed by atoms with Gasteiger partial charge in [0.2, 0.25) is 17.7 Å². The number of carbonyl (C=O) groups excluding carboxylic acids is 1. The van der Waals surface area contributed by atoms with E-state index in [1.807, 2.05) is 55.5 Å². The molecule has 0 aliphatic rings. The van der Waals surface area contributed by atoms with Crippen molar-refractivity contribution in [2.24, 2.45) is 0 Å². The van der Waals surface area contributed by atoms with Crippen LogP contribution in [0, 0.1) is 6.92 Å². The number of methoxy groups -OCH3 is 1. The summed E-state index contributed by atoms with van der Waals surface area (Å²) < 4.78 is 10.8. The summed E-state index contributed by atoms with van der Waals surface area (Å²) in [5.74, 6) is 1.60. The lowest BCUT2D eigenvalue weighted by atomic mass is 10.1. The maximum atomic E-state index is 12.0. The molecule has 1 aromatic heterocycles. The van der Waals surface area contributed by atoms with Crippen molar-refractivity contribution in [3.8, 4) is 17.2 Å². The molecule has 0 unspecified atom stereocenters. The molecule has 3 aromatic rings. The number of amides is 1. The molecule has 0 radical (unpaired) electrons. The summed E-state index contributed by atoms with van der Waals surface area (Å²) in [6.07, 6.45) is 1.05. The minimum Gasteiger partial charge on any atom is -0.497 e. The molecule has 2 aromatic carbocycles. The Labute approximate surface area is 152 Å². The monoisotopic (exact) mass is 351 g/mol. The van der Waals surface area contributed by atoms with Gasteiger partial charge >= 0.3 is 0 Å². The Morgan fingerprint density at radius 3 is 2.62 bits per heavy atom. The van der Waals surface area contributed by atoms with Crippen LogP contribution in [-0.4, -0.2) is 23.2 Å². The lowest BCUT2D eigenvalue weighted by Crippen LogP contribution is -2.23. The number of ether oxygens (including phenoxy) is 1. The van der Waals surface area contributed by atoms with Crippen LogP contribution in [0.3, 0.4) is 0 Å². The first kappa shape index (κ1) is 17.7. The van der Waals surface area contributed by atoms with Gasteiger partial charge in [-0.1, -0.05) is 30.3 Å². The SMILES string of the molecule is COc1ccc(CCC(=O)NCc2nnc(-c3ccccc3C)o2)cc1. The highest BCUT2D eigenvalue weighted by Crippen LogP contribution is 2.21. The molecule has 26 heavy (non-hydrogen) atoms. The molecule has 0 bridgehead atoms. The largest absolute Gasteiger partial charge is 0.497 e. The van der Waals surface area contributed by atoms with Crippen LogP contribution in [0.4, 0.5) is 0 Å². The molecule has 0 saturated carbocycles. The van der Waals surface area contributed by atoms with Gasteiger partial charge in [0.15, 0.2) is 0 Å². The summed E-state index contributed by atoms with van der Waals surface area (Å²) >= 11 is 0. The van der Waals surface area contributed by atoms with Crippen molar-refractivity contribution in [3.05, 3.63) is 65.5 Å². The average Bonchev–Trinajstić information content (AvgIpc) is 3.14. The molecule has 6 heteroatoms. The Kier molecular flexibility index (Phi) is 5.63. The molecule has 0 fully saturated rings. The third kappa shape index (κ3) is 4.47. The standard InChI is InChI=1S/C20H21N3O3/c1-14-5-3-4-6-17(14)20-23-22-19(26-20)13-21-18(24)12-9-15-7-10-16(25-2)11-8-15/h3-8,10-11H,9,12-13H2,1-2H3,(H,21,24). The summed E-state index contributed by atoms with van der Waals surface area (Å²) in [5.41, 5.74) is 3.05. The maximum Gasteiger partial charge on any atom is 0.248 e. The molecular weight excluding hydrogens is 330 g/mol. The molecule has 0 aliphatic heterocycles. The first-order valence-corrected chi connectivity index (χ1v) is 8.43. The van der Waals surface area contributed by atoms with Crippen LogP contribution < -0.4 is 10.1 Å². The summed E-state index contributed by atoms with van der Waals surface area (Å²) in [4.78, 5) is 12.0. The number of rotatable bonds is 7. The van der Waals surface area contributed by atoms with Gasteiger partial charge in [-0.15, -0.1) is 10.2 Å². The fourth-order valence-corrected chi connectivity index (χ4v) is 2.56. The van der Waals surface area contributed by atoms with Crippen molar-refractivity contribution in [2.75, 3.05) is 7.11 Å². The second-order valence-electron chi connectivity index (χ2n) is 5.94. The highest BCUT2D eigenvalue weighted by molar-refractivity contribution is 5.76. The van der Waals surface area contributed by atoms with Crippen molar-refractivity contribution in [1.29, 1.82) is 0 Å². The Hall–Kier alpha value is -3.15. The zero-order valence-electron chi connectivity index (χ0n) is 14.9.